The summed E-state index contributed by atoms with van der Waals surface area (Å²) in [5.74, 6) is 0.717. The lowest BCUT2D eigenvalue weighted by Gasteiger charge is -2.05. The van der Waals surface area contributed by atoms with Crippen molar-refractivity contribution >= 4 is 29.0 Å². The third-order valence-corrected chi connectivity index (χ3v) is 4.27. The van der Waals surface area contributed by atoms with Gasteiger partial charge in [0.05, 0.1) is 18.3 Å². The third-order valence-electron chi connectivity index (χ3n) is 4.27. The van der Waals surface area contributed by atoms with E-state index in [1.807, 2.05) is 65.5 Å². The Hall–Kier alpha value is -3.80. The van der Waals surface area contributed by atoms with Crippen molar-refractivity contribution in [2.75, 3.05) is 5.43 Å². The van der Waals surface area contributed by atoms with Crippen LogP contribution in [0.2, 0.25) is 0 Å². The summed E-state index contributed by atoms with van der Waals surface area (Å²) in [6.45, 7) is 2.77. The Labute approximate surface area is 163 Å². The fourth-order valence-electron chi connectivity index (χ4n) is 2.93. The number of hydrogen-bond acceptors (Lipinski definition) is 5. The Morgan fingerprint density at radius 1 is 1.07 bits per heavy atom. The molecule has 0 aliphatic carbocycles. The maximum Gasteiger partial charge on any atom is 0.147 e. The number of nitrogens with zero attached hydrogens (tertiary/aromatic N) is 5. The number of aromatic nitrogens is 4. The Bertz CT molecular complexity index is 1130. The van der Waals surface area contributed by atoms with Gasteiger partial charge in [0.15, 0.2) is 0 Å². The van der Waals surface area contributed by atoms with Gasteiger partial charge in [0.25, 0.3) is 0 Å². The van der Waals surface area contributed by atoms with E-state index in [2.05, 4.69) is 50.9 Å². The summed E-state index contributed by atoms with van der Waals surface area (Å²) < 4.78 is 1.81. The highest BCUT2D eigenvalue weighted by Gasteiger charge is 2.01. The standard InChI is InChI=1S/C22H20N6/c1-17-14-22(24-21-12-6-5-11-20(17)21)26-23-13-7-10-19-16-28(27-25-19)15-18-8-3-2-4-9-18/h2-14,16H,15H2,1H3,(H,24,26)/b10-7+,23-13+. The second kappa shape index (κ2) is 8.26. The lowest BCUT2D eigenvalue weighted by molar-refractivity contribution is 0.649. The van der Waals surface area contributed by atoms with Crippen molar-refractivity contribution in [2.24, 2.45) is 5.10 Å². The van der Waals surface area contributed by atoms with Crippen LogP contribution in [0.25, 0.3) is 17.0 Å². The summed E-state index contributed by atoms with van der Waals surface area (Å²) in [5, 5.41) is 13.6. The number of para-hydroxylation sites is 1. The molecular weight excluding hydrogens is 348 g/mol. The largest absolute Gasteiger partial charge is 0.261 e. The molecule has 0 aliphatic rings. The second-order valence-electron chi connectivity index (χ2n) is 6.42. The predicted molar refractivity (Wildman–Crippen MR) is 113 cm³/mol. The number of rotatable bonds is 6. The number of anilines is 1. The lowest BCUT2D eigenvalue weighted by Crippen LogP contribution is -1.99. The molecule has 6 nitrogen and oxygen atoms in total. The third kappa shape index (κ3) is 4.29. The van der Waals surface area contributed by atoms with Gasteiger partial charge in [-0.05, 0) is 42.3 Å². The number of hydrazone groups is 1. The highest BCUT2D eigenvalue weighted by molar-refractivity contribution is 5.84. The lowest BCUT2D eigenvalue weighted by atomic mass is 10.1. The van der Waals surface area contributed by atoms with E-state index in [4.69, 9.17) is 0 Å². The molecule has 0 atom stereocenters. The number of pyridine rings is 1. The molecule has 138 valence electrons. The van der Waals surface area contributed by atoms with Crippen molar-refractivity contribution in [1.82, 2.24) is 20.0 Å². The Balaban J connectivity index is 1.36. The van der Waals surface area contributed by atoms with E-state index in [0.29, 0.717) is 6.54 Å². The molecule has 28 heavy (non-hydrogen) atoms. The molecule has 0 fully saturated rings. The van der Waals surface area contributed by atoms with E-state index in [9.17, 15) is 0 Å². The van der Waals surface area contributed by atoms with Crippen molar-refractivity contribution in [3.8, 4) is 0 Å². The highest BCUT2D eigenvalue weighted by atomic mass is 15.4. The number of benzene rings is 2. The van der Waals surface area contributed by atoms with Gasteiger partial charge >= 0.3 is 0 Å². The Morgan fingerprint density at radius 3 is 2.79 bits per heavy atom. The first-order valence-electron chi connectivity index (χ1n) is 9.04. The minimum absolute atomic E-state index is 0.699. The van der Waals surface area contributed by atoms with Crippen LogP contribution in [0.3, 0.4) is 0 Å². The van der Waals surface area contributed by atoms with Crippen LogP contribution in [0.5, 0.6) is 0 Å². The van der Waals surface area contributed by atoms with Gasteiger partial charge in [-0.1, -0.05) is 53.7 Å². The summed E-state index contributed by atoms with van der Waals surface area (Å²) >= 11 is 0. The van der Waals surface area contributed by atoms with Gasteiger partial charge in [-0.25, -0.2) is 9.67 Å². The Morgan fingerprint density at radius 2 is 1.89 bits per heavy atom. The van der Waals surface area contributed by atoms with Crippen LogP contribution in [-0.4, -0.2) is 26.2 Å². The molecule has 2 aromatic heterocycles. The first-order valence-corrected chi connectivity index (χ1v) is 9.04. The minimum Gasteiger partial charge on any atom is -0.261 e. The maximum atomic E-state index is 4.56. The fourth-order valence-corrected chi connectivity index (χ4v) is 2.93. The average Bonchev–Trinajstić information content (AvgIpc) is 3.16. The number of nitrogens with one attached hydrogen (secondary N) is 1. The SMILES string of the molecule is Cc1cc(N/N=C/C=C/c2cn(Cc3ccccc3)nn2)nc2ccccc12. The molecule has 0 aliphatic heterocycles. The van der Waals surface area contributed by atoms with Crippen LogP contribution in [0.4, 0.5) is 5.82 Å². The highest BCUT2D eigenvalue weighted by Crippen LogP contribution is 2.19. The summed E-state index contributed by atoms with van der Waals surface area (Å²) in [6.07, 6.45) is 7.25. The van der Waals surface area contributed by atoms with Crippen molar-refractivity contribution in [3.05, 3.63) is 89.8 Å². The van der Waals surface area contributed by atoms with E-state index < -0.39 is 0 Å². The summed E-state index contributed by atoms with van der Waals surface area (Å²) in [7, 11) is 0. The van der Waals surface area contributed by atoms with Gasteiger partial charge in [0.1, 0.15) is 11.5 Å². The van der Waals surface area contributed by atoms with Crippen LogP contribution in [0.15, 0.2) is 78.0 Å². The van der Waals surface area contributed by atoms with E-state index in [1.54, 1.807) is 6.21 Å². The molecule has 4 aromatic rings. The minimum atomic E-state index is 0.699. The molecule has 4 rings (SSSR count). The molecule has 0 radical (unpaired) electrons. The Kier molecular flexibility index (Phi) is 5.20. The van der Waals surface area contributed by atoms with Gasteiger partial charge in [-0.15, -0.1) is 5.10 Å². The number of hydrogen-bond donors (Lipinski definition) is 1. The average molecular weight is 368 g/mol. The van der Waals surface area contributed by atoms with Crippen molar-refractivity contribution in [3.63, 3.8) is 0 Å². The quantitative estimate of drug-likeness (QED) is 0.407. The molecule has 2 aromatic carbocycles. The first kappa shape index (κ1) is 17.6. The van der Waals surface area contributed by atoms with Gasteiger partial charge in [0.2, 0.25) is 0 Å². The zero-order chi connectivity index (χ0) is 19.2. The molecule has 1 N–H and O–H groups in total. The van der Waals surface area contributed by atoms with Crippen LogP contribution in [0, 0.1) is 6.92 Å². The van der Waals surface area contributed by atoms with E-state index in [-0.39, 0.29) is 0 Å². The van der Waals surface area contributed by atoms with Crippen LogP contribution in [-0.2, 0) is 6.54 Å². The van der Waals surface area contributed by atoms with Crippen molar-refractivity contribution in [1.29, 1.82) is 0 Å². The van der Waals surface area contributed by atoms with Crippen LogP contribution >= 0.6 is 0 Å². The van der Waals surface area contributed by atoms with Gasteiger partial charge < -0.3 is 0 Å². The molecule has 0 spiro atoms. The molecule has 0 saturated heterocycles. The molecule has 2 heterocycles. The molecule has 0 amide bonds. The summed E-state index contributed by atoms with van der Waals surface area (Å²) in [5.41, 5.74) is 7.04. The monoisotopic (exact) mass is 368 g/mol. The van der Waals surface area contributed by atoms with Gasteiger partial charge in [0, 0.05) is 11.6 Å². The van der Waals surface area contributed by atoms with E-state index >= 15 is 0 Å². The summed E-state index contributed by atoms with van der Waals surface area (Å²) in [6, 6.07) is 20.2. The molecular formula is C22H20N6. The predicted octanol–water partition coefficient (Wildman–Crippen LogP) is 4.29. The number of allylic oxidation sites excluding steroid dienone is 1. The molecule has 0 unspecified atom stereocenters. The normalized spacial score (nSPS) is 11.6. The maximum absolute atomic E-state index is 4.56. The van der Waals surface area contributed by atoms with Gasteiger partial charge in [-0.3, -0.25) is 5.43 Å². The topological polar surface area (TPSA) is 68.0 Å². The van der Waals surface area contributed by atoms with E-state index in [0.717, 1.165) is 28.0 Å². The number of fused-ring (bicyclic) bond motifs is 1. The molecule has 0 saturated carbocycles. The smallest absolute Gasteiger partial charge is 0.147 e. The first-order chi connectivity index (χ1) is 13.8. The molecule has 6 heteroatoms. The van der Waals surface area contributed by atoms with Crippen LogP contribution in [0.1, 0.15) is 16.8 Å². The summed E-state index contributed by atoms with van der Waals surface area (Å²) in [4.78, 5) is 4.56. The van der Waals surface area contributed by atoms with Gasteiger partial charge in [-0.2, -0.15) is 5.10 Å². The van der Waals surface area contributed by atoms with Crippen LogP contribution < -0.4 is 5.43 Å². The zero-order valence-corrected chi connectivity index (χ0v) is 15.5. The number of aryl methyl sites for hydroxylation is 1. The van der Waals surface area contributed by atoms with Crippen molar-refractivity contribution in [2.45, 2.75) is 13.5 Å². The second-order valence-corrected chi connectivity index (χ2v) is 6.42. The zero-order valence-electron chi connectivity index (χ0n) is 15.5. The molecule has 0 bridgehead atoms. The van der Waals surface area contributed by atoms with Crippen molar-refractivity contribution < 1.29 is 0 Å². The van der Waals surface area contributed by atoms with E-state index in [1.165, 1.54) is 5.56 Å². The fraction of sp³-hybridized carbons (Fsp3) is 0.0909.